The summed E-state index contributed by atoms with van der Waals surface area (Å²) in [5.74, 6) is 0.181. The third-order valence-corrected chi connectivity index (χ3v) is 7.47. The number of aromatic nitrogens is 1. The summed E-state index contributed by atoms with van der Waals surface area (Å²) in [6, 6.07) is 17.0. The predicted molar refractivity (Wildman–Crippen MR) is 132 cm³/mol. The zero-order valence-electron chi connectivity index (χ0n) is 18.8. The van der Waals surface area contributed by atoms with Crippen molar-refractivity contribution < 1.29 is 9.59 Å². The molecule has 0 saturated carbocycles. The van der Waals surface area contributed by atoms with E-state index < -0.39 is 0 Å². The maximum Gasteiger partial charge on any atom is 0.282 e. The van der Waals surface area contributed by atoms with Gasteiger partial charge in [0.15, 0.2) is 5.01 Å². The van der Waals surface area contributed by atoms with Crippen LogP contribution < -0.4 is 4.90 Å². The molecule has 2 aliphatic rings. The molecule has 6 nitrogen and oxygen atoms in total. The SMILES string of the molecule is CCc1ccccc1-c1cccc(N2CC(N3CCN(C(=O)c4nccs4)CC3)CC2=O)c1. The van der Waals surface area contributed by atoms with Crippen LogP contribution in [0.3, 0.4) is 0 Å². The predicted octanol–water partition coefficient (Wildman–Crippen LogP) is 3.94. The smallest absolute Gasteiger partial charge is 0.282 e. The van der Waals surface area contributed by atoms with Gasteiger partial charge in [0.25, 0.3) is 5.91 Å². The quantitative estimate of drug-likeness (QED) is 0.579. The molecule has 0 radical (unpaired) electrons. The van der Waals surface area contributed by atoms with Crippen molar-refractivity contribution in [3.63, 3.8) is 0 Å². The second-order valence-electron chi connectivity index (χ2n) is 8.59. The van der Waals surface area contributed by atoms with Crippen molar-refractivity contribution in [2.45, 2.75) is 25.8 Å². The zero-order chi connectivity index (χ0) is 22.8. The summed E-state index contributed by atoms with van der Waals surface area (Å²) in [6.07, 6.45) is 3.17. The number of nitrogens with zero attached hydrogens (tertiary/aromatic N) is 4. The van der Waals surface area contributed by atoms with Crippen LogP contribution in [0.25, 0.3) is 11.1 Å². The summed E-state index contributed by atoms with van der Waals surface area (Å²) in [5.41, 5.74) is 4.65. The lowest BCUT2D eigenvalue weighted by Gasteiger charge is -2.37. The Morgan fingerprint density at radius 1 is 1.09 bits per heavy atom. The molecule has 2 amide bonds. The lowest BCUT2D eigenvalue weighted by molar-refractivity contribution is -0.117. The van der Waals surface area contributed by atoms with Gasteiger partial charge in [-0.05, 0) is 35.2 Å². The zero-order valence-corrected chi connectivity index (χ0v) is 19.6. The monoisotopic (exact) mass is 460 g/mol. The minimum atomic E-state index is 0.0120. The summed E-state index contributed by atoms with van der Waals surface area (Å²) in [7, 11) is 0. The van der Waals surface area contributed by atoms with Crippen LogP contribution >= 0.6 is 11.3 Å². The van der Waals surface area contributed by atoms with Crippen molar-refractivity contribution >= 4 is 28.8 Å². The lowest BCUT2D eigenvalue weighted by atomic mass is 9.98. The first-order chi connectivity index (χ1) is 16.1. The summed E-state index contributed by atoms with van der Waals surface area (Å²) >= 11 is 1.38. The first-order valence-corrected chi connectivity index (χ1v) is 12.4. The van der Waals surface area contributed by atoms with Gasteiger partial charge in [-0.25, -0.2) is 4.98 Å². The molecule has 33 heavy (non-hydrogen) atoms. The number of amides is 2. The van der Waals surface area contributed by atoms with E-state index in [1.54, 1.807) is 6.20 Å². The van der Waals surface area contributed by atoms with Gasteiger partial charge >= 0.3 is 0 Å². The van der Waals surface area contributed by atoms with Gasteiger partial charge in [-0.15, -0.1) is 11.3 Å². The van der Waals surface area contributed by atoms with E-state index in [4.69, 9.17) is 0 Å². The molecular formula is C26H28N4O2S. The molecule has 2 aliphatic heterocycles. The van der Waals surface area contributed by atoms with Crippen molar-refractivity contribution in [3.8, 4) is 11.1 Å². The van der Waals surface area contributed by atoms with E-state index >= 15 is 0 Å². The molecule has 2 saturated heterocycles. The minimum absolute atomic E-state index is 0.0120. The van der Waals surface area contributed by atoms with Crippen molar-refractivity contribution in [2.75, 3.05) is 37.6 Å². The summed E-state index contributed by atoms with van der Waals surface area (Å²) in [5, 5.41) is 2.38. The van der Waals surface area contributed by atoms with E-state index in [-0.39, 0.29) is 17.9 Å². The molecule has 2 aromatic carbocycles. The highest BCUT2D eigenvalue weighted by molar-refractivity contribution is 7.11. The molecule has 3 aromatic rings. The third-order valence-electron chi connectivity index (χ3n) is 6.70. The first kappa shape index (κ1) is 21.8. The van der Waals surface area contributed by atoms with Gasteiger partial charge in [-0.1, -0.05) is 43.3 Å². The van der Waals surface area contributed by atoms with Gasteiger partial charge < -0.3 is 9.80 Å². The Morgan fingerprint density at radius 2 is 1.91 bits per heavy atom. The minimum Gasteiger partial charge on any atom is -0.334 e. The van der Waals surface area contributed by atoms with Crippen LogP contribution in [0.1, 0.15) is 28.7 Å². The maximum atomic E-state index is 13.0. The van der Waals surface area contributed by atoms with Crippen LogP contribution in [-0.4, -0.2) is 65.4 Å². The second-order valence-corrected chi connectivity index (χ2v) is 9.48. The van der Waals surface area contributed by atoms with E-state index in [0.29, 0.717) is 31.1 Å². The average Bonchev–Trinajstić information content (AvgIpc) is 3.54. The number of piperazine rings is 1. The topological polar surface area (TPSA) is 56.8 Å². The first-order valence-electron chi connectivity index (χ1n) is 11.6. The van der Waals surface area contributed by atoms with Gasteiger partial charge in [0.05, 0.1) is 0 Å². The van der Waals surface area contributed by atoms with Gasteiger partial charge in [0, 0.05) is 62.5 Å². The second kappa shape index (κ2) is 9.45. The standard InChI is InChI=1S/C26H28N4O2S/c1-2-19-6-3-4-9-23(19)20-7-5-8-21(16-20)30-18-22(17-24(30)31)28-11-13-29(14-12-28)26(32)25-27-10-15-33-25/h3-10,15-16,22H,2,11-14,17-18H2,1H3. The number of benzene rings is 2. The van der Waals surface area contributed by atoms with Gasteiger partial charge in [0.2, 0.25) is 5.91 Å². The summed E-state index contributed by atoms with van der Waals surface area (Å²) in [4.78, 5) is 35.8. The number of carbonyl (C=O) groups is 2. The fraction of sp³-hybridized carbons (Fsp3) is 0.346. The molecule has 5 rings (SSSR count). The normalized spacial score (nSPS) is 19.3. The molecule has 170 valence electrons. The molecule has 3 heterocycles. The highest BCUT2D eigenvalue weighted by Crippen LogP contribution is 2.31. The Kier molecular flexibility index (Phi) is 6.24. The maximum absolute atomic E-state index is 13.0. The Balaban J connectivity index is 1.26. The van der Waals surface area contributed by atoms with Gasteiger partial charge in [-0.3, -0.25) is 14.5 Å². The number of hydrogen-bond acceptors (Lipinski definition) is 5. The summed E-state index contributed by atoms with van der Waals surface area (Å²) in [6.45, 7) is 5.78. The van der Waals surface area contributed by atoms with Gasteiger partial charge in [0.1, 0.15) is 0 Å². The molecule has 0 spiro atoms. The number of thiazole rings is 1. The van der Waals surface area contributed by atoms with Crippen LogP contribution in [0.2, 0.25) is 0 Å². The van der Waals surface area contributed by atoms with Crippen LogP contribution in [0.4, 0.5) is 5.69 Å². The van der Waals surface area contributed by atoms with Crippen LogP contribution in [-0.2, 0) is 11.2 Å². The molecule has 0 bridgehead atoms. The summed E-state index contributed by atoms with van der Waals surface area (Å²) < 4.78 is 0. The molecule has 7 heteroatoms. The fourth-order valence-electron chi connectivity index (χ4n) is 4.89. The molecule has 1 unspecified atom stereocenters. The molecule has 1 aromatic heterocycles. The largest absolute Gasteiger partial charge is 0.334 e. The Hall–Kier alpha value is -3.03. The van der Waals surface area contributed by atoms with Crippen LogP contribution in [0, 0.1) is 0 Å². The number of carbonyl (C=O) groups excluding carboxylic acids is 2. The molecule has 0 aliphatic carbocycles. The Bertz CT molecular complexity index is 1140. The Labute approximate surface area is 198 Å². The number of rotatable bonds is 5. The third kappa shape index (κ3) is 4.43. The van der Waals surface area contributed by atoms with Gasteiger partial charge in [-0.2, -0.15) is 0 Å². The number of aryl methyl sites for hydroxylation is 1. The molecule has 0 N–H and O–H groups in total. The Morgan fingerprint density at radius 3 is 2.67 bits per heavy atom. The van der Waals surface area contributed by atoms with Crippen molar-refractivity contribution in [2.24, 2.45) is 0 Å². The van der Waals surface area contributed by atoms with Crippen LogP contribution in [0.5, 0.6) is 0 Å². The van der Waals surface area contributed by atoms with Crippen molar-refractivity contribution in [3.05, 3.63) is 70.7 Å². The van der Waals surface area contributed by atoms with E-state index in [1.165, 1.54) is 22.5 Å². The molecule has 1 atom stereocenters. The molecular weight excluding hydrogens is 432 g/mol. The highest BCUT2D eigenvalue weighted by atomic mass is 32.1. The fourth-order valence-corrected chi connectivity index (χ4v) is 5.49. The highest BCUT2D eigenvalue weighted by Gasteiger charge is 2.36. The van der Waals surface area contributed by atoms with E-state index in [9.17, 15) is 9.59 Å². The van der Waals surface area contributed by atoms with Crippen LogP contribution in [0.15, 0.2) is 60.1 Å². The van der Waals surface area contributed by atoms with E-state index in [1.807, 2.05) is 27.3 Å². The van der Waals surface area contributed by atoms with E-state index in [2.05, 4.69) is 53.2 Å². The van der Waals surface area contributed by atoms with E-state index in [0.717, 1.165) is 30.8 Å². The number of hydrogen-bond donors (Lipinski definition) is 0. The molecule has 2 fully saturated rings. The lowest BCUT2D eigenvalue weighted by Crippen LogP contribution is -2.52. The van der Waals surface area contributed by atoms with Crippen molar-refractivity contribution in [1.29, 1.82) is 0 Å². The van der Waals surface area contributed by atoms with Crippen molar-refractivity contribution in [1.82, 2.24) is 14.8 Å². The number of anilines is 1. The average molecular weight is 461 g/mol.